The van der Waals surface area contributed by atoms with Crippen LogP contribution in [0.1, 0.15) is 19.0 Å². The number of nitrogens with zero attached hydrogens (tertiary/aromatic N) is 3. The van der Waals surface area contributed by atoms with E-state index in [0.717, 1.165) is 5.57 Å². The van der Waals surface area contributed by atoms with Crippen LogP contribution in [0.2, 0.25) is 0 Å². The number of carbonyl (C=O) groups excluding carboxylic acids is 2. The van der Waals surface area contributed by atoms with Gasteiger partial charge in [0, 0.05) is 24.9 Å². The van der Waals surface area contributed by atoms with Crippen molar-refractivity contribution in [2.24, 2.45) is 0 Å². The summed E-state index contributed by atoms with van der Waals surface area (Å²) in [5.41, 5.74) is -0.188. The van der Waals surface area contributed by atoms with Gasteiger partial charge in [0.15, 0.2) is 0 Å². The number of imide groups is 1. The molecule has 10 nitrogen and oxygen atoms in total. The number of urea groups is 1. The summed E-state index contributed by atoms with van der Waals surface area (Å²) < 4.78 is 31.5. The molecule has 0 bridgehead atoms. The van der Waals surface area contributed by atoms with E-state index in [-0.39, 0.29) is 19.1 Å². The van der Waals surface area contributed by atoms with Crippen molar-refractivity contribution in [2.75, 3.05) is 26.0 Å². The predicted octanol–water partition coefficient (Wildman–Crippen LogP) is -0.603. The summed E-state index contributed by atoms with van der Waals surface area (Å²) in [6.07, 6.45) is 3.70. The number of hydrogen-bond donors (Lipinski definition) is 2. The molecule has 2 aliphatic rings. The van der Waals surface area contributed by atoms with E-state index in [9.17, 15) is 18.0 Å². The van der Waals surface area contributed by atoms with Crippen LogP contribution in [0.15, 0.2) is 23.9 Å². The van der Waals surface area contributed by atoms with E-state index in [0.29, 0.717) is 12.1 Å². The standard InChI is InChI=1S/C17H19N5O5S/c1-17(14(23)20-15(24)21-17)11-28(25,26)22-9-6-12(7-10-22)3-4-13-5-8-18-16(19-13)27-2/h5-6,8H,7,9-11H2,1-2H3,(H2,20,21,23,24)/t17-/m1/s1. The fourth-order valence-electron chi connectivity index (χ4n) is 2.81. The molecule has 2 N–H and O–H groups in total. The largest absolute Gasteiger partial charge is 0.467 e. The molecular weight excluding hydrogens is 386 g/mol. The number of nitrogens with one attached hydrogen (secondary N) is 2. The molecule has 3 amide bonds. The Balaban J connectivity index is 1.67. The van der Waals surface area contributed by atoms with E-state index in [2.05, 4.69) is 32.4 Å². The Morgan fingerprint density at radius 1 is 1.36 bits per heavy atom. The lowest BCUT2D eigenvalue weighted by Crippen LogP contribution is -2.52. The van der Waals surface area contributed by atoms with Gasteiger partial charge in [-0.1, -0.05) is 12.0 Å². The molecule has 148 valence electrons. The Hall–Kier alpha value is -2.97. The number of amides is 3. The van der Waals surface area contributed by atoms with E-state index in [1.807, 2.05) is 0 Å². The van der Waals surface area contributed by atoms with E-state index < -0.39 is 33.3 Å². The first-order chi connectivity index (χ1) is 13.2. The molecule has 1 aromatic heterocycles. The molecule has 0 spiro atoms. The molecule has 0 aromatic carbocycles. The molecule has 2 aliphatic heterocycles. The quantitative estimate of drug-likeness (QED) is 0.505. The second-order valence-corrected chi connectivity index (χ2v) is 8.48. The molecule has 11 heteroatoms. The number of aromatic nitrogens is 2. The number of methoxy groups -OCH3 is 1. The Morgan fingerprint density at radius 2 is 2.14 bits per heavy atom. The van der Waals surface area contributed by atoms with Crippen molar-refractivity contribution in [3.8, 4) is 17.9 Å². The van der Waals surface area contributed by atoms with Gasteiger partial charge >= 0.3 is 12.0 Å². The summed E-state index contributed by atoms with van der Waals surface area (Å²) >= 11 is 0. The van der Waals surface area contributed by atoms with Crippen LogP contribution in [0.25, 0.3) is 0 Å². The van der Waals surface area contributed by atoms with Crippen molar-refractivity contribution in [2.45, 2.75) is 18.9 Å². The van der Waals surface area contributed by atoms with Crippen molar-refractivity contribution in [3.63, 3.8) is 0 Å². The lowest BCUT2D eigenvalue weighted by atomic mass is 10.1. The predicted molar refractivity (Wildman–Crippen MR) is 98.6 cm³/mol. The van der Waals surface area contributed by atoms with Crippen molar-refractivity contribution < 1.29 is 22.7 Å². The summed E-state index contributed by atoms with van der Waals surface area (Å²) in [6, 6.07) is 1.18. The van der Waals surface area contributed by atoms with Gasteiger partial charge in [-0.15, -0.1) is 0 Å². The Labute approximate surface area is 162 Å². The summed E-state index contributed by atoms with van der Waals surface area (Å²) in [6.45, 7) is 1.77. The third kappa shape index (κ3) is 4.29. The first-order valence-electron chi connectivity index (χ1n) is 8.41. The van der Waals surface area contributed by atoms with Gasteiger partial charge in [-0.3, -0.25) is 10.1 Å². The van der Waals surface area contributed by atoms with E-state index >= 15 is 0 Å². The second-order valence-electron chi connectivity index (χ2n) is 6.51. The van der Waals surface area contributed by atoms with Gasteiger partial charge < -0.3 is 10.1 Å². The van der Waals surface area contributed by atoms with Crippen LogP contribution in [0, 0.1) is 11.8 Å². The van der Waals surface area contributed by atoms with Gasteiger partial charge in [0.25, 0.3) is 5.91 Å². The average molecular weight is 405 g/mol. The molecular formula is C17H19N5O5S. The minimum Gasteiger partial charge on any atom is -0.467 e. The highest BCUT2D eigenvalue weighted by Crippen LogP contribution is 2.19. The Kier molecular flexibility index (Phi) is 5.35. The molecule has 0 saturated carbocycles. The van der Waals surface area contributed by atoms with Gasteiger partial charge in [-0.2, -0.15) is 9.29 Å². The van der Waals surface area contributed by atoms with E-state index in [4.69, 9.17) is 4.74 Å². The zero-order chi connectivity index (χ0) is 20.4. The fourth-order valence-corrected chi connectivity index (χ4v) is 4.59. The van der Waals surface area contributed by atoms with Crippen molar-refractivity contribution in [1.29, 1.82) is 0 Å². The lowest BCUT2D eigenvalue weighted by molar-refractivity contribution is -0.122. The smallest absolute Gasteiger partial charge is 0.322 e. The molecule has 0 aliphatic carbocycles. The zero-order valence-electron chi connectivity index (χ0n) is 15.4. The number of hydrogen-bond acceptors (Lipinski definition) is 7. The van der Waals surface area contributed by atoms with Crippen molar-refractivity contribution in [3.05, 3.63) is 29.6 Å². The third-order valence-corrected chi connectivity index (χ3v) is 6.38. The lowest BCUT2D eigenvalue weighted by Gasteiger charge is -2.28. The van der Waals surface area contributed by atoms with Gasteiger partial charge in [0.1, 0.15) is 11.2 Å². The van der Waals surface area contributed by atoms with Crippen molar-refractivity contribution >= 4 is 22.0 Å². The highest BCUT2D eigenvalue weighted by atomic mass is 32.2. The molecule has 0 radical (unpaired) electrons. The van der Waals surface area contributed by atoms with E-state index in [1.165, 1.54) is 24.5 Å². The molecule has 3 heterocycles. The number of ether oxygens (including phenoxy) is 1. The molecule has 3 rings (SSSR count). The van der Waals surface area contributed by atoms with Crippen LogP contribution in [0.3, 0.4) is 0 Å². The Morgan fingerprint density at radius 3 is 2.75 bits per heavy atom. The van der Waals surface area contributed by atoms with Crippen LogP contribution >= 0.6 is 0 Å². The number of carbonyl (C=O) groups is 2. The highest BCUT2D eigenvalue weighted by molar-refractivity contribution is 7.89. The summed E-state index contributed by atoms with van der Waals surface area (Å²) in [4.78, 5) is 31.2. The molecule has 1 atom stereocenters. The van der Waals surface area contributed by atoms with E-state index in [1.54, 1.807) is 12.1 Å². The maximum Gasteiger partial charge on any atom is 0.322 e. The highest BCUT2D eigenvalue weighted by Gasteiger charge is 2.46. The molecule has 1 fully saturated rings. The summed E-state index contributed by atoms with van der Waals surface area (Å²) in [5, 5.41) is 4.43. The SMILES string of the molecule is COc1nccc(C#CC2=CCN(S(=O)(=O)C[C@@]3(C)NC(=O)NC3=O)CC2)n1. The molecule has 1 saturated heterocycles. The summed E-state index contributed by atoms with van der Waals surface area (Å²) in [7, 11) is -2.29. The fraction of sp³-hybridized carbons (Fsp3) is 0.412. The summed E-state index contributed by atoms with van der Waals surface area (Å²) in [5.74, 6) is 4.72. The molecule has 0 unspecified atom stereocenters. The topological polar surface area (TPSA) is 131 Å². The molecule has 28 heavy (non-hydrogen) atoms. The average Bonchev–Trinajstić information content (AvgIpc) is 2.91. The first kappa shape index (κ1) is 19.8. The van der Waals surface area contributed by atoms with Crippen LogP contribution in [0.5, 0.6) is 6.01 Å². The zero-order valence-corrected chi connectivity index (χ0v) is 16.2. The number of sulfonamides is 1. The van der Waals surface area contributed by atoms with Crippen LogP contribution < -0.4 is 15.4 Å². The monoisotopic (exact) mass is 405 g/mol. The molecule has 1 aromatic rings. The number of rotatable bonds is 4. The van der Waals surface area contributed by atoms with Crippen LogP contribution in [-0.2, 0) is 14.8 Å². The minimum atomic E-state index is -3.75. The maximum absolute atomic E-state index is 12.7. The Bertz CT molecular complexity index is 1010. The minimum absolute atomic E-state index is 0.144. The second kappa shape index (κ2) is 7.57. The van der Waals surface area contributed by atoms with Crippen LogP contribution in [-0.4, -0.2) is 66.1 Å². The normalized spacial score (nSPS) is 22.6. The van der Waals surface area contributed by atoms with Crippen LogP contribution in [0.4, 0.5) is 4.79 Å². The first-order valence-corrected chi connectivity index (χ1v) is 10.0. The van der Waals surface area contributed by atoms with Gasteiger partial charge in [-0.25, -0.2) is 18.2 Å². The van der Waals surface area contributed by atoms with Gasteiger partial charge in [-0.05, 0) is 25.3 Å². The third-order valence-electron chi connectivity index (χ3n) is 4.32. The van der Waals surface area contributed by atoms with Gasteiger partial charge in [0.05, 0.1) is 12.9 Å². The maximum atomic E-state index is 12.7. The van der Waals surface area contributed by atoms with Crippen molar-refractivity contribution in [1.82, 2.24) is 24.9 Å². The van der Waals surface area contributed by atoms with Gasteiger partial charge in [0.2, 0.25) is 10.0 Å².